The molecule has 1 aromatic heterocycles. The Labute approximate surface area is 106 Å². The number of aryl methyl sites for hydroxylation is 1. The molecule has 0 radical (unpaired) electrons. The third-order valence-electron chi connectivity index (χ3n) is 2.31. The average Bonchev–Trinajstić information content (AvgIpc) is 2.41. The maximum atomic E-state index is 5.61. The molecule has 0 saturated heterocycles. The molecule has 0 bridgehead atoms. The van der Waals surface area contributed by atoms with Crippen molar-refractivity contribution in [3.63, 3.8) is 0 Å². The minimum Gasteiger partial charge on any atom is -0.439 e. The average molecular weight is 242 g/mol. The van der Waals surface area contributed by atoms with Crippen molar-refractivity contribution in [3.05, 3.63) is 53.7 Å². The van der Waals surface area contributed by atoms with Crippen LogP contribution < -0.4 is 4.74 Å². The predicted octanol–water partition coefficient (Wildman–Crippen LogP) is 3.16. The lowest BCUT2D eigenvalue weighted by atomic mass is 10.2. The van der Waals surface area contributed by atoms with E-state index in [1.54, 1.807) is 18.5 Å². The largest absolute Gasteiger partial charge is 0.439 e. The molecule has 0 unspecified atom stereocenters. The van der Waals surface area contributed by atoms with Gasteiger partial charge in [0.05, 0.1) is 6.21 Å². The summed E-state index contributed by atoms with van der Waals surface area (Å²) in [6.07, 6.45) is 3.26. The second-order valence-corrected chi connectivity index (χ2v) is 3.76. The maximum absolute atomic E-state index is 5.61. The SMILES string of the molecule is CON=Cc1ccc(Oc2ccc(C)cc2)nc1. The lowest BCUT2D eigenvalue weighted by Crippen LogP contribution is -1.90. The molecule has 0 aliphatic heterocycles. The molecular weight excluding hydrogens is 228 g/mol. The van der Waals surface area contributed by atoms with Crippen LogP contribution in [0.3, 0.4) is 0 Å². The number of benzene rings is 1. The van der Waals surface area contributed by atoms with Crippen LogP contribution in [0.15, 0.2) is 47.8 Å². The lowest BCUT2D eigenvalue weighted by Gasteiger charge is -2.04. The molecule has 2 rings (SSSR count). The number of oxime groups is 1. The summed E-state index contributed by atoms with van der Waals surface area (Å²) in [6.45, 7) is 2.03. The minimum absolute atomic E-state index is 0.549. The molecule has 0 aliphatic carbocycles. The Bertz CT molecular complexity index is 518. The highest BCUT2D eigenvalue weighted by molar-refractivity contribution is 5.78. The van der Waals surface area contributed by atoms with Crippen molar-refractivity contribution >= 4 is 6.21 Å². The number of rotatable bonds is 4. The standard InChI is InChI=1S/C14H14N2O2/c1-11-3-6-13(7-4-11)18-14-8-5-12(9-15-14)10-16-17-2/h3-10H,1-2H3. The van der Waals surface area contributed by atoms with Crippen molar-refractivity contribution < 1.29 is 9.57 Å². The first-order valence-electron chi connectivity index (χ1n) is 5.55. The first-order valence-corrected chi connectivity index (χ1v) is 5.55. The lowest BCUT2D eigenvalue weighted by molar-refractivity contribution is 0.215. The Kier molecular flexibility index (Phi) is 3.91. The van der Waals surface area contributed by atoms with Gasteiger partial charge in [-0.3, -0.25) is 0 Å². The van der Waals surface area contributed by atoms with Crippen molar-refractivity contribution in [2.75, 3.05) is 7.11 Å². The summed E-state index contributed by atoms with van der Waals surface area (Å²) < 4.78 is 5.61. The molecule has 0 N–H and O–H groups in total. The first-order chi connectivity index (χ1) is 8.78. The number of pyridine rings is 1. The molecule has 0 amide bonds. The molecule has 1 heterocycles. The van der Waals surface area contributed by atoms with Gasteiger partial charge in [-0.25, -0.2) is 4.98 Å². The molecule has 0 atom stereocenters. The molecular formula is C14H14N2O2. The molecule has 0 aliphatic rings. The van der Waals surface area contributed by atoms with Gasteiger partial charge in [-0.05, 0) is 25.1 Å². The van der Waals surface area contributed by atoms with Crippen LogP contribution in [0.25, 0.3) is 0 Å². The summed E-state index contributed by atoms with van der Waals surface area (Å²) in [6, 6.07) is 11.5. The maximum Gasteiger partial charge on any atom is 0.219 e. The summed E-state index contributed by atoms with van der Waals surface area (Å²) in [7, 11) is 1.50. The zero-order chi connectivity index (χ0) is 12.8. The normalized spacial score (nSPS) is 10.6. The molecule has 18 heavy (non-hydrogen) atoms. The van der Waals surface area contributed by atoms with E-state index in [9.17, 15) is 0 Å². The van der Waals surface area contributed by atoms with E-state index in [4.69, 9.17) is 4.74 Å². The summed E-state index contributed by atoms with van der Waals surface area (Å²) in [4.78, 5) is 8.77. The molecule has 0 fully saturated rings. The Morgan fingerprint density at radius 1 is 1.11 bits per heavy atom. The van der Waals surface area contributed by atoms with E-state index in [-0.39, 0.29) is 0 Å². The van der Waals surface area contributed by atoms with Gasteiger partial charge in [-0.2, -0.15) is 0 Å². The van der Waals surface area contributed by atoms with Gasteiger partial charge in [-0.1, -0.05) is 22.9 Å². The van der Waals surface area contributed by atoms with Crippen molar-refractivity contribution in [3.8, 4) is 11.6 Å². The van der Waals surface area contributed by atoms with Gasteiger partial charge in [-0.15, -0.1) is 0 Å². The van der Waals surface area contributed by atoms with E-state index in [2.05, 4.69) is 15.0 Å². The smallest absolute Gasteiger partial charge is 0.219 e. The van der Waals surface area contributed by atoms with E-state index in [0.29, 0.717) is 5.88 Å². The van der Waals surface area contributed by atoms with Crippen LogP contribution in [0.5, 0.6) is 11.6 Å². The highest BCUT2D eigenvalue weighted by Crippen LogP contribution is 2.19. The fourth-order valence-corrected chi connectivity index (χ4v) is 1.37. The van der Waals surface area contributed by atoms with E-state index >= 15 is 0 Å². The van der Waals surface area contributed by atoms with Gasteiger partial charge >= 0.3 is 0 Å². The highest BCUT2D eigenvalue weighted by atomic mass is 16.6. The summed E-state index contributed by atoms with van der Waals surface area (Å²) in [5, 5.41) is 3.66. The van der Waals surface area contributed by atoms with E-state index in [1.165, 1.54) is 12.7 Å². The fraction of sp³-hybridized carbons (Fsp3) is 0.143. The third kappa shape index (κ3) is 3.31. The second-order valence-electron chi connectivity index (χ2n) is 3.76. The summed E-state index contributed by atoms with van der Waals surface area (Å²) in [5.74, 6) is 1.32. The van der Waals surface area contributed by atoms with Gasteiger partial charge in [0.15, 0.2) is 0 Å². The number of hydrogen-bond acceptors (Lipinski definition) is 4. The molecule has 4 nitrogen and oxygen atoms in total. The van der Waals surface area contributed by atoms with Crippen molar-refractivity contribution in [1.82, 2.24) is 4.98 Å². The van der Waals surface area contributed by atoms with Gasteiger partial charge < -0.3 is 9.57 Å². The van der Waals surface area contributed by atoms with Gasteiger partial charge in [0, 0.05) is 17.8 Å². The van der Waals surface area contributed by atoms with E-state index in [1.807, 2.05) is 37.3 Å². The van der Waals surface area contributed by atoms with Crippen LogP contribution in [0.4, 0.5) is 0 Å². The highest BCUT2D eigenvalue weighted by Gasteiger charge is 1.98. The predicted molar refractivity (Wildman–Crippen MR) is 70.1 cm³/mol. The third-order valence-corrected chi connectivity index (χ3v) is 2.31. The van der Waals surface area contributed by atoms with Crippen LogP contribution in [-0.4, -0.2) is 18.3 Å². The molecule has 4 heteroatoms. The minimum atomic E-state index is 0.549. The quantitative estimate of drug-likeness (QED) is 0.611. The second kappa shape index (κ2) is 5.82. The topological polar surface area (TPSA) is 43.7 Å². The summed E-state index contributed by atoms with van der Waals surface area (Å²) >= 11 is 0. The first kappa shape index (κ1) is 12.1. The fourth-order valence-electron chi connectivity index (χ4n) is 1.37. The summed E-state index contributed by atoms with van der Waals surface area (Å²) in [5.41, 5.74) is 2.05. The van der Waals surface area contributed by atoms with Gasteiger partial charge in [0.1, 0.15) is 12.9 Å². The molecule has 2 aromatic rings. The van der Waals surface area contributed by atoms with Gasteiger partial charge in [0.25, 0.3) is 0 Å². The molecule has 0 spiro atoms. The zero-order valence-electron chi connectivity index (χ0n) is 10.3. The van der Waals surface area contributed by atoms with Crippen LogP contribution in [0, 0.1) is 6.92 Å². The van der Waals surface area contributed by atoms with Crippen molar-refractivity contribution in [2.24, 2.45) is 5.16 Å². The Morgan fingerprint density at radius 3 is 2.50 bits per heavy atom. The molecule has 1 aromatic carbocycles. The van der Waals surface area contributed by atoms with Crippen LogP contribution >= 0.6 is 0 Å². The molecule has 92 valence electrons. The van der Waals surface area contributed by atoms with Crippen LogP contribution in [0.2, 0.25) is 0 Å². The van der Waals surface area contributed by atoms with Crippen molar-refractivity contribution in [2.45, 2.75) is 6.92 Å². The number of aromatic nitrogens is 1. The zero-order valence-corrected chi connectivity index (χ0v) is 10.3. The van der Waals surface area contributed by atoms with E-state index < -0.39 is 0 Å². The van der Waals surface area contributed by atoms with E-state index in [0.717, 1.165) is 11.3 Å². The Morgan fingerprint density at radius 2 is 1.89 bits per heavy atom. The van der Waals surface area contributed by atoms with Crippen LogP contribution in [-0.2, 0) is 4.84 Å². The number of nitrogens with zero attached hydrogens (tertiary/aromatic N) is 2. The van der Waals surface area contributed by atoms with Gasteiger partial charge in [0.2, 0.25) is 5.88 Å². The Hall–Kier alpha value is -2.36. The number of hydrogen-bond donors (Lipinski definition) is 0. The number of ether oxygens (including phenoxy) is 1. The molecule has 0 saturated carbocycles. The van der Waals surface area contributed by atoms with Crippen molar-refractivity contribution in [1.29, 1.82) is 0 Å². The Balaban J connectivity index is 2.06. The van der Waals surface area contributed by atoms with Crippen LogP contribution in [0.1, 0.15) is 11.1 Å². The monoisotopic (exact) mass is 242 g/mol.